The third-order valence-corrected chi connectivity index (χ3v) is 4.93. The molecular formula is C21H20ClN3O2. The van der Waals surface area contributed by atoms with Gasteiger partial charge in [0.2, 0.25) is 0 Å². The molecule has 27 heavy (non-hydrogen) atoms. The molecule has 6 heteroatoms. The number of benzene rings is 2. The molecule has 1 aromatic heterocycles. The zero-order valence-corrected chi connectivity index (χ0v) is 15.7. The Balaban J connectivity index is 1.73. The Morgan fingerprint density at radius 2 is 1.78 bits per heavy atom. The predicted molar refractivity (Wildman–Crippen MR) is 108 cm³/mol. The van der Waals surface area contributed by atoms with Crippen molar-refractivity contribution in [3.05, 3.63) is 69.7 Å². The number of halogens is 1. The third-order valence-electron chi connectivity index (χ3n) is 4.67. The van der Waals surface area contributed by atoms with Crippen molar-refractivity contribution < 1.29 is 4.74 Å². The summed E-state index contributed by atoms with van der Waals surface area (Å²) < 4.78 is 7.25. The maximum atomic E-state index is 13.0. The van der Waals surface area contributed by atoms with Gasteiger partial charge in [0.05, 0.1) is 10.9 Å². The SMILES string of the molecule is O=c1c2ccccc2nc(COc2ccc(Cl)cc2)n1N=C1CCCCC1. The summed E-state index contributed by atoms with van der Waals surface area (Å²) in [5.74, 6) is 1.16. The van der Waals surface area contributed by atoms with E-state index in [1.165, 1.54) is 11.1 Å². The summed E-state index contributed by atoms with van der Waals surface area (Å²) in [5.41, 5.74) is 1.54. The van der Waals surface area contributed by atoms with Crippen LogP contribution in [0.1, 0.15) is 37.9 Å². The smallest absolute Gasteiger partial charge is 0.282 e. The van der Waals surface area contributed by atoms with Crippen LogP contribution in [0.25, 0.3) is 10.9 Å². The molecule has 1 saturated carbocycles. The molecule has 0 aliphatic heterocycles. The van der Waals surface area contributed by atoms with Gasteiger partial charge in [-0.1, -0.05) is 30.2 Å². The molecule has 1 fully saturated rings. The normalized spacial score (nSPS) is 14.3. The van der Waals surface area contributed by atoms with E-state index in [1.807, 2.05) is 18.2 Å². The number of rotatable bonds is 4. The Hall–Kier alpha value is -2.66. The lowest BCUT2D eigenvalue weighted by Gasteiger charge is -2.15. The molecule has 0 radical (unpaired) electrons. The molecule has 0 atom stereocenters. The van der Waals surface area contributed by atoms with Crippen molar-refractivity contribution in [2.45, 2.75) is 38.7 Å². The van der Waals surface area contributed by atoms with Crippen LogP contribution in [0.3, 0.4) is 0 Å². The van der Waals surface area contributed by atoms with Gasteiger partial charge in [0, 0.05) is 10.7 Å². The molecule has 138 valence electrons. The Morgan fingerprint density at radius 3 is 2.56 bits per heavy atom. The standard InChI is InChI=1S/C21H20ClN3O2/c22-15-10-12-17(13-11-15)27-14-20-23-19-9-5-4-8-18(19)21(26)25(20)24-16-6-2-1-3-7-16/h4-5,8-13H,1-3,6-7,14H2. The topological polar surface area (TPSA) is 56.5 Å². The van der Waals surface area contributed by atoms with E-state index < -0.39 is 0 Å². The number of ether oxygens (including phenoxy) is 1. The number of para-hydroxylation sites is 1. The third kappa shape index (κ3) is 4.03. The summed E-state index contributed by atoms with van der Waals surface area (Å²) in [6.45, 7) is 0.151. The second-order valence-corrected chi connectivity index (χ2v) is 7.07. The van der Waals surface area contributed by atoms with Crippen molar-refractivity contribution in [3.63, 3.8) is 0 Å². The zero-order chi connectivity index (χ0) is 18.6. The highest BCUT2D eigenvalue weighted by Crippen LogP contribution is 2.18. The Morgan fingerprint density at radius 1 is 1.04 bits per heavy atom. The highest BCUT2D eigenvalue weighted by Gasteiger charge is 2.14. The van der Waals surface area contributed by atoms with Crippen molar-refractivity contribution in [2.24, 2.45) is 5.10 Å². The Bertz CT molecular complexity index is 1030. The number of nitrogens with zero attached hydrogens (tertiary/aromatic N) is 3. The van der Waals surface area contributed by atoms with Crippen molar-refractivity contribution in [1.29, 1.82) is 0 Å². The van der Waals surface area contributed by atoms with Crippen LogP contribution in [0, 0.1) is 0 Å². The minimum atomic E-state index is -0.159. The van der Waals surface area contributed by atoms with Crippen molar-refractivity contribution in [3.8, 4) is 5.75 Å². The fourth-order valence-electron chi connectivity index (χ4n) is 3.25. The van der Waals surface area contributed by atoms with Crippen LogP contribution in [0.4, 0.5) is 0 Å². The minimum absolute atomic E-state index is 0.151. The lowest BCUT2D eigenvalue weighted by Crippen LogP contribution is -2.25. The lowest BCUT2D eigenvalue weighted by atomic mass is 9.99. The van der Waals surface area contributed by atoms with Crippen LogP contribution in [-0.2, 0) is 6.61 Å². The molecule has 0 unspecified atom stereocenters. The van der Waals surface area contributed by atoms with Gasteiger partial charge in [-0.25, -0.2) is 4.98 Å². The molecule has 0 N–H and O–H groups in total. The highest BCUT2D eigenvalue weighted by atomic mass is 35.5. The summed E-state index contributed by atoms with van der Waals surface area (Å²) in [5, 5.41) is 5.86. The van der Waals surface area contributed by atoms with Crippen LogP contribution in [0.15, 0.2) is 58.4 Å². The molecule has 1 heterocycles. The molecule has 0 amide bonds. The van der Waals surface area contributed by atoms with Crippen LogP contribution in [-0.4, -0.2) is 15.4 Å². The van der Waals surface area contributed by atoms with Gasteiger partial charge in [-0.3, -0.25) is 4.79 Å². The first-order valence-corrected chi connectivity index (χ1v) is 9.54. The molecule has 0 bridgehead atoms. The van der Waals surface area contributed by atoms with E-state index in [9.17, 15) is 4.79 Å². The molecule has 0 spiro atoms. The Labute approximate surface area is 162 Å². The number of hydrogen-bond acceptors (Lipinski definition) is 4. The zero-order valence-electron chi connectivity index (χ0n) is 14.9. The van der Waals surface area contributed by atoms with Gasteiger partial charge in [0.1, 0.15) is 12.4 Å². The quantitative estimate of drug-likeness (QED) is 0.652. The summed E-state index contributed by atoms with van der Waals surface area (Å²) in [4.78, 5) is 17.7. The fraction of sp³-hybridized carbons (Fsp3) is 0.286. The molecule has 0 saturated heterocycles. The summed E-state index contributed by atoms with van der Waals surface area (Å²) >= 11 is 5.92. The van der Waals surface area contributed by atoms with Gasteiger partial charge >= 0.3 is 0 Å². The van der Waals surface area contributed by atoms with Crippen LogP contribution >= 0.6 is 11.6 Å². The van der Waals surface area contributed by atoms with E-state index >= 15 is 0 Å². The van der Waals surface area contributed by atoms with E-state index in [0.29, 0.717) is 27.5 Å². The Kier molecular flexibility index (Phi) is 5.21. The van der Waals surface area contributed by atoms with Crippen LogP contribution in [0.2, 0.25) is 5.02 Å². The number of fused-ring (bicyclic) bond motifs is 1. The van der Waals surface area contributed by atoms with Crippen molar-refractivity contribution in [1.82, 2.24) is 9.66 Å². The second kappa shape index (κ2) is 7.92. The van der Waals surface area contributed by atoms with Gasteiger partial charge in [-0.15, -0.1) is 0 Å². The van der Waals surface area contributed by atoms with E-state index in [0.717, 1.165) is 31.4 Å². The van der Waals surface area contributed by atoms with Gasteiger partial charge in [-0.2, -0.15) is 9.78 Å². The first-order valence-electron chi connectivity index (χ1n) is 9.16. The molecule has 3 aromatic rings. The molecular weight excluding hydrogens is 362 g/mol. The first kappa shape index (κ1) is 17.7. The highest BCUT2D eigenvalue weighted by molar-refractivity contribution is 6.30. The van der Waals surface area contributed by atoms with E-state index in [4.69, 9.17) is 16.3 Å². The average Bonchev–Trinajstić information content (AvgIpc) is 2.71. The van der Waals surface area contributed by atoms with Gasteiger partial charge < -0.3 is 4.74 Å². The van der Waals surface area contributed by atoms with Crippen molar-refractivity contribution in [2.75, 3.05) is 0 Å². The first-order chi connectivity index (χ1) is 13.2. The van der Waals surface area contributed by atoms with Gasteiger partial charge in [0.15, 0.2) is 5.82 Å². The summed E-state index contributed by atoms with van der Waals surface area (Å²) in [6, 6.07) is 14.4. The predicted octanol–water partition coefficient (Wildman–Crippen LogP) is 4.80. The monoisotopic (exact) mass is 381 g/mol. The van der Waals surface area contributed by atoms with E-state index in [1.54, 1.807) is 30.3 Å². The maximum absolute atomic E-state index is 13.0. The van der Waals surface area contributed by atoms with Gasteiger partial charge in [-0.05, 0) is 62.1 Å². The van der Waals surface area contributed by atoms with Crippen LogP contribution in [0.5, 0.6) is 5.75 Å². The molecule has 1 aliphatic carbocycles. The van der Waals surface area contributed by atoms with E-state index in [2.05, 4.69) is 10.1 Å². The molecule has 2 aromatic carbocycles. The number of aromatic nitrogens is 2. The van der Waals surface area contributed by atoms with E-state index in [-0.39, 0.29) is 12.2 Å². The number of hydrogen-bond donors (Lipinski definition) is 0. The largest absolute Gasteiger partial charge is 0.486 e. The second-order valence-electron chi connectivity index (χ2n) is 6.63. The average molecular weight is 382 g/mol. The van der Waals surface area contributed by atoms with Gasteiger partial charge in [0.25, 0.3) is 5.56 Å². The summed E-state index contributed by atoms with van der Waals surface area (Å²) in [6.07, 6.45) is 5.31. The van der Waals surface area contributed by atoms with Crippen LogP contribution < -0.4 is 10.3 Å². The van der Waals surface area contributed by atoms with Crippen molar-refractivity contribution >= 4 is 28.2 Å². The maximum Gasteiger partial charge on any atom is 0.282 e. The lowest BCUT2D eigenvalue weighted by molar-refractivity contribution is 0.289. The summed E-state index contributed by atoms with van der Waals surface area (Å²) in [7, 11) is 0. The minimum Gasteiger partial charge on any atom is -0.486 e. The molecule has 5 nitrogen and oxygen atoms in total. The molecule has 1 aliphatic rings. The fourth-order valence-corrected chi connectivity index (χ4v) is 3.37. The molecule has 4 rings (SSSR count).